The molecule has 0 aliphatic carbocycles. The Kier molecular flexibility index (Phi) is 4.29. The number of hydrogen-bond acceptors (Lipinski definition) is 2. The Morgan fingerprint density at radius 3 is 2.67 bits per heavy atom. The van der Waals surface area contributed by atoms with Crippen LogP contribution in [0.2, 0.25) is 0 Å². The van der Waals surface area contributed by atoms with Gasteiger partial charge in [0.05, 0.1) is 5.69 Å². The van der Waals surface area contributed by atoms with Gasteiger partial charge >= 0.3 is 12.2 Å². The van der Waals surface area contributed by atoms with Gasteiger partial charge in [-0.05, 0) is 30.5 Å². The van der Waals surface area contributed by atoms with E-state index in [0.717, 1.165) is 5.56 Å². The summed E-state index contributed by atoms with van der Waals surface area (Å²) in [4.78, 5) is 13.5. The van der Waals surface area contributed by atoms with Gasteiger partial charge in [0.25, 0.3) is 0 Å². The van der Waals surface area contributed by atoms with E-state index in [9.17, 15) is 18.0 Å². The first-order chi connectivity index (χ1) is 9.74. The van der Waals surface area contributed by atoms with E-state index < -0.39 is 12.8 Å². The molecule has 0 radical (unpaired) electrons. The monoisotopic (exact) mass is 302 g/mol. The van der Waals surface area contributed by atoms with E-state index in [1.807, 2.05) is 6.92 Å². The molecule has 7 heteroatoms. The standard InChI is InChI=1S/C14H17F3N2O2/c1-9-3-4-11(12(5-9)21-8-14(15,16)17)18-13(20)19-6-10(2)7-19/h3-5,10H,6-8H2,1-2H3,(H,18,20). The second-order valence-electron chi connectivity index (χ2n) is 5.34. The fourth-order valence-electron chi connectivity index (χ4n) is 2.07. The summed E-state index contributed by atoms with van der Waals surface area (Å²) in [6.45, 7) is 3.67. The number of benzene rings is 1. The fraction of sp³-hybridized carbons (Fsp3) is 0.500. The van der Waals surface area contributed by atoms with E-state index in [1.54, 1.807) is 24.0 Å². The van der Waals surface area contributed by atoms with Gasteiger partial charge in [-0.15, -0.1) is 0 Å². The van der Waals surface area contributed by atoms with Crippen molar-refractivity contribution >= 4 is 11.7 Å². The molecule has 2 amide bonds. The molecule has 4 nitrogen and oxygen atoms in total. The molecule has 116 valence electrons. The van der Waals surface area contributed by atoms with Gasteiger partial charge in [-0.3, -0.25) is 0 Å². The Hall–Kier alpha value is -1.92. The zero-order valence-electron chi connectivity index (χ0n) is 11.8. The highest BCUT2D eigenvalue weighted by Crippen LogP contribution is 2.28. The summed E-state index contributed by atoms with van der Waals surface area (Å²) in [5.41, 5.74) is 0.997. The van der Waals surface area contributed by atoms with Crippen molar-refractivity contribution in [1.82, 2.24) is 4.90 Å². The lowest BCUT2D eigenvalue weighted by Crippen LogP contribution is -2.50. The van der Waals surface area contributed by atoms with Gasteiger partial charge in [0.1, 0.15) is 5.75 Å². The fourth-order valence-corrected chi connectivity index (χ4v) is 2.07. The average Bonchev–Trinajstić information content (AvgIpc) is 2.34. The summed E-state index contributed by atoms with van der Waals surface area (Å²) in [7, 11) is 0. The van der Waals surface area contributed by atoms with Crippen LogP contribution in [-0.2, 0) is 0 Å². The highest BCUT2D eigenvalue weighted by Gasteiger charge is 2.30. The number of aryl methyl sites for hydroxylation is 1. The van der Waals surface area contributed by atoms with Gasteiger partial charge in [-0.2, -0.15) is 13.2 Å². The molecule has 0 unspecified atom stereocenters. The predicted molar refractivity (Wildman–Crippen MR) is 72.5 cm³/mol. The smallest absolute Gasteiger partial charge is 0.422 e. The lowest BCUT2D eigenvalue weighted by atomic mass is 10.0. The zero-order valence-corrected chi connectivity index (χ0v) is 11.8. The summed E-state index contributed by atoms with van der Waals surface area (Å²) in [5.74, 6) is 0.476. The van der Waals surface area contributed by atoms with Crippen LogP contribution in [0.25, 0.3) is 0 Å². The van der Waals surface area contributed by atoms with Crippen molar-refractivity contribution in [2.24, 2.45) is 5.92 Å². The average molecular weight is 302 g/mol. The van der Waals surface area contributed by atoms with Crippen LogP contribution in [0.4, 0.5) is 23.7 Å². The van der Waals surface area contributed by atoms with Crippen LogP contribution in [0.3, 0.4) is 0 Å². The topological polar surface area (TPSA) is 41.6 Å². The normalized spacial score (nSPS) is 15.6. The van der Waals surface area contributed by atoms with Crippen LogP contribution in [0, 0.1) is 12.8 Å². The Morgan fingerprint density at radius 1 is 1.43 bits per heavy atom. The molecule has 0 atom stereocenters. The van der Waals surface area contributed by atoms with Gasteiger partial charge in [0, 0.05) is 13.1 Å². The van der Waals surface area contributed by atoms with Gasteiger partial charge in [-0.1, -0.05) is 13.0 Å². The molecule has 1 aromatic rings. The molecular weight excluding hydrogens is 285 g/mol. The quantitative estimate of drug-likeness (QED) is 0.929. The summed E-state index contributed by atoms with van der Waals surface area (Å²) >= 11 is 0. The number of likely N-dealkylation sites (tertiary alicyclic amines) is 1. The molecule has 1 aliphatic rings. The maximum atomic E-state index is 12.3. The SMILES string of the molecule is Cc1ccc(NC(=O)N2CC(C)C2)c(OCC(F)(F)F)c1. The Bertz CT molecular complexity index is 525. The van der Waals surface area contributed by atoms with E-state index in [1.165, 1.54) is 6.07 Å². The zero-order chi connectivity index (χ0) is 15.6. The third-order valence-electron chi connectivity index (χ3n) is 3.12. The molecule has 1 saturated heterocycles. The summed E-state index contributed by atoms with van der Waals surface area (Å²) < 4.78 is 41.5. The Labute approximate surface area is 120 Å². The van der Waals surface area contributed by atoms with E-state index in [4.69, 9.17) is 4.74 Å². The molecule has 2 rings (SSSR count). The number of nitrogens with zero attached hydrogens (tertiary/aromatic N) is 1. The number of amides is 2. The minimum Gasteiger partial charge on any atom is -0.482 e. The first kappa shape index (κ1) is 15.5. The molecule has 0 bridgehead atoms. The Balaban J connectivity index is 2.05. The van der Waals surface area contributed by atoms with Gasteiger partial charge in [0.15, 0.2) is 6.61 Å². The highest BCUT2D eigenvalue weighted by atomic mass is 19.4. The number of urea groups is 1. The minimum atomic E-state index is -4.42. The van der Waals surface area contributed by atoms with Crippen molar-refractivity contribution in [2.45, 2.75) is 20.0 Å². The number of hydrogen-bond donors (Lipinski definition) is 1. The van der Waals surface area contributed by atoms with E-state index in [-0.39, 0.29) is 17.5 Å². The molecule has 1 fully saturated rings. The molecule has 0 aromatic heterocycles. The summed E-state index contributed by atoms with van der Waals surface area (Å²) in [6.07, 6.45) is -4.42. The van der Waals surface area contributed by atoms with Crippen LogP contribution in [0.1, 0.15) is 12.5 Å². The van der Waals surface area contributed by atoms with Crippen molar-refractivity contribution in [3.05, 3.63) is 23.8 Å². The minimum absolute atomic E-state index is 0.0225. The molecule has 1 heterocycles. The molecule has 1 aromatic carbocycles. The third-order valence-corrected chi connectivity index (χ3v) is 3.12. The molecule has 21 heavy (non-hydrogen) atoms. The van der Waals surface area contributed by atoms with E-state index in [0.29, 0.717) is 19.0 Å². The van der Waals surface area contributed by atoms with Crippen LogP contribution < -0.4 is 10.1 Å². The van der Waals surface area contributed by atoms with E-state index >= 15 is 0 Å². The third kappa shape index (κ3) is 4.27. The molecular formula is C14H17F3N2O2. The van der Waals surface area contributed by atoms with Crippen molar-refractivity contribution < 1.29 is 22.7 Å². The van der Waals surface area contributed by atoms with Crippen LogP contribution >= 0.6 is 0 Å². The predicted octanol–water partition coefficient (Wildman–Crippen LogP) is 3.42. The van der Waals surface area contributed by atoms with E-state index in [2.05, 4.69) is 5.32 Å². The number of nitrogens with one attached hydrogen (secondary N) is 1. The first-order valence-electron chi connectivity index (χ1n) is 6.61. The molecule has 1 aliphatic heterocycles. The molecule has 0 saturated carbocycles. The number of ether oxygens (including phenoxy) is 1. The van der Waals surface area contributed by atoms with Crippen molar-refractivity contribution in [3.8, 4) is 5.75 Å². The number of carbonyl (C=O) groups is 1. The van der Waals surface area contributed by atoms with Gasteiger partial charge < -0.3 is 15.0 Å². The summed E-state index contributed by atoms with van der Waals surface area (Å²) in [6, 6.07) is 4.39. The number of halogens is 3. The lowest BCUT2D eigenvalue weighted by molar-refractivity contribution is -0.153. The number of carbonyl (C=O) groups excluding carboxylic acids is 1. The second kappa shape index (κ2) is 5.83. The maximum absolute atomic E-state index is 12.3. The van der Waals surface area contributed by atoms with Crippen molar-refractivity contribution in [1.29, 1.82) is 0 Å². The van der Waals surface area contributed by atoms with Crippen molar-refractivity contribution in [3.63, 3.8) is 0 Å². The van der Waals surface area contributed by atoms with Crippen molar-refractivity contribution in [2.75, 3.05) is 25.0 Å². The highest BCUT2D eigenvalue weighted by molar-refractivity contribution is 5.91. The Morgan fingerprint density at radius 2 is 2.10 bits per heavy atom. The molecule has 1 N–H and O–H groups in total. The summed E-state index contributed by atoms with van der Waals surface area (Å²) in [5, 5.41) is 2.59. The van der Waals surface area contributed by atoms with Crippen LogP contribution in [-0.4, -0.2) is 36.8 Å². The maximum Gasteiger partial charge on any atom is 0.422 e. The second-order valence-corrected chi connectivity index (χ2v) is 5.34. The van der Waals surface area contributed by atoms with Crippen LogP contribution in [0.5, 0.6) is 5.75 Å². The number of rotatable bonds is 3. The largest absolute Gasteiger partial charge is 0.482 e. The number of anilines is 1. The first-order valence-corrected chi connectivity index (χ1v) is 6.61. The lowest BCUT2D eigenvalue weighted by Gasteiger charge is -2.37. The number of alkyl halides is 3. The van der Waals surface area contributed by atoms with Gasteiger partial charge in [-0.25, -0.2) is 4.79 Å². The molecule has 0 spiro atoms. The van der Waals surface area contributed by atoms with Crippen LogP contribution in [0.15, 0.2) is 18.2 Å². The van der Waals surface area contributed by atoms with Gasteiger partial charge in [0.2, 0.25) is 0 Å².